The summed E-state index contributed by atoms with van der Waals surface area (Å²) in [4.78, 5) is 23.7. The first kappa shape index (κ1) is 12.6. The van der Waals surface area contributed by atoms with E-state index in [2.05, 4.69) is 21.0 Å². The number of allylic oxidation sites excluding steroid dienone is 2. The molecule has 0 unspecified atom stereocenters. The highest BCUT2D eigenvalue weighted by molar-refractivity contribution is 5.81. The molecule has 2 N–H and O–H groups in total. The van der Waals surface area contributed by atoms with E-state index in [1.54, 1.807) is 6.33 Å². The molecule has 20 heavy (non-hydrogen) atoms. The fourth-order valence-electron chi connectivity index (χ4n) is 2.52. The minimum atomic E-state index is -0.192. The van der Waals surface area contributed by atoms with Gasteiger partial charge in [-0.1, -0.05) is 12.2 Å². The van der Waals surface area contributed by atoms with Crippen molar-refractivity contribution < 1.29 is 9.53 Å². The van der Waals surface area contributed by atoms with Crippen LogP contribution >= 0.6 is 0 Å². The average Bonchev–Trinajstić information content (AvgIpc) is 3.05. The molecule has 0 fully saturated rings. The SMILES string of the molecule is COC(=O)C[C@@H]1C=C[C@H](n2cnc3c(N)ncnc32)C1. The lowest BCUT2D eigenvalue weighted by Gasteiger charge is -2.13. The Morgan fingerprint density at radius 3 is 3.10 bits per heavy atom. The maximum absolute atomic E-state index is 11.3. The molecular weight excluding hydrogens is 258 g/mol. The largest absolute Gasteiger partial charge is 0.469 e. The molecule has 2 aromatic rings. The summed E-state index contributed by atoms with van der Waals surface area (Å²) < 4.78 is 6.65. The lowest BCUT2D eigenvalue weighted by Crippen LogP contribution is -2.10. The normalized spacial score (nSPS) is 21.4. The van der Waals surface area contributed by atoms with Crippen LogP contribution in [0.25, 0.3) is 11.2 Å². The van der Waals surface area contributed by atoms with E-state index < -0.39 is 0 Å². The molecule has 2 aromatic heterocycles. The van der Waals surface area contributed by atoms with Crippen LogP contribution in [0.3, 0.4) is 0 Å². The van der Waals surface area contributed by atoms with Gasteiger partial charge in [-0.25, -0.2) is 15.0 Å². The Bertz CT molecular complexity index is 678. The Hall–Kier alpha value is -2.44. The minimum absolute atomic E-state index is 0.129. The van der Waals surface area contributed by atoms with Gasteiger partial charge in [0.1, 0.15) is 11.8 Å². The third kappa shape index (κ3) is 2.11. The summed E-state index contributed by atoms with van der Waals surface area (Å²) in [7, 11) is 1.40. The Labute approximate surface area is 115 Å². The number of ether oxygens (including phenoxy) is 1. The van der Waals surface area contributed by atoms with E-state index in [9.17, 15) is 4.79 Å². The molecule has 1 aliphatic carbocycles. The summed E-state index contributed by atoms with van der Waals surface area (Å²) in [6.45, 7) is 0. The van der Waals surface area contributed by atoms with Gasteiger partial charge < -0.3 is 15.0 Å². The second-order valence-corrected chi connectivity index (χ2v) is 4.81. The van der Waals surface area contributed by atoms with Gasteiger partial charge in [0, 0.05) is 0 Å². The van der Waals surface area contributed by atoms with Crippen LogP contribution in [0, 0.1) is 5.92 Å². The lowest BCUT2D eigenvalue weighted by molar-refractivity contribution is -0.141. The number of hydrogen-bond donors (Lipinski definition) is 1. The topological polar surface area (TPSA) is 95.9 Å². The molecular formula is C13H15N5O2. The van der Waals surface area contributed by atoms with E-state index in [-0.39, 0.29) is 17.9 Å². The number of nitrogens with two attached hydrogens (primary N) is 1. The van der Waals surface area contributed by atoms with Crippen molar-refractivity contribution in [2.45, 2.75) is 18.9 Å². The number of imidazole rings is 1. The second-order valence-electron chi connectivity index (χ2n) is 4.81. The monoisotopic (exact) mass is 273 g/mol. The van der Waals surface area contributed by atoms with Gasteiger partial charge in [-0.3, -0.25) is 4.79 Å². The third-order valence-electron chi connectivity index (χ3n) is 3.55. The quantitative estimate of drug-likeness (QED) is 0.664. The minimum Gasteiger partial charge on any atom is -0.469 e. The van der Waals surface area contributed by atoms with E-state index in [0.29, 0.717) is 23.4 Å². The third-order valence-corrected chi connectivity index (χ3v) is 3.55. The number of esters is 1. The average molecular weight is 273 g/mol. The molecule has 2 atom stereocenters. The Morgan fingerprint density at radius 1 is 1.45 bits per heavy atom. The number of nitrogens with zero attached hydrogens (tertiary/aromatic N) is 4. The summed E-state index contributed by atoms with van der Waals surface area (Å²) in [5.74, 6) is 0.369. The highest BCUT2D eigenvalue weighted by Gasteiger charge is 2.24. The number of nitrogen functional groups attached to an aromatic ring is 1. The van der Waals surface area contributed by atoms with Crippen LogP contribution in [-0.4, -0.2) is 32.6 Å². The van der Waals surface area contributed by atoms with Gasteiger partial charge in [0.15, 0.2) is 11.5 Å². The molecule has 7 heteroatoms. The molecule has 0 saturated carbocycles. The molecule has 0 aliphatic heterocycles. The molecule has 0 spiro atoms. The molecule has 3 rings (SSSR count). The molecule has 0 bridgehead atoms. The summed E-state index contributed by atoms with van der Waals surface area (Å²) in [5.41, 5.74) is 7.10. The van der Waals surface area contributed by atoms with Gasteiger partial charge in [0.25, 0.3) is 0 Å². The van der Waals surface area contributed by atoms with E-state index in [1.807, 2.05) is 10.6 Å². The predicted octanol–water partition coefficient (Wildman–Crippen LogP) is 1.09. The van der Waals surface area contributed by atoms with Crippen LogP contribution in [0.5, 0.6) is 0 Å². The van der Waals surface area contributed by atoms with Gasteiger partial charge in [0.2, 0.25) is 0 Å². The Morgan fingerprint density at radius 2 is 2.30 bits per heavy atom. The highest BCUT2D eigenvalue weighted by Crippen LogP contribution is 2.32. The molecule has 0 saturated heterocycles. The molecule has 2 heterocycles. The van der Waals surface area contributed by atoms with E-state index in [0.717, 1.165) is 6.42 Å². The highest BCUT2D eigenvalue weighted by atomic mass is 16.5. The van der Waals surface area contributed by atoms with Gasteiger partial charge in [0.05, 0.1) is 25.9 Å². The summed E-state index contributed by atoms with van der Waals surface area (Å²) in [6, 6.07) is 0.129. The van der Waals surface area contributed by atoms with Crippen molar-refractivity contribution in [3.05, 3.63) is 24.8 Å². The smallest absolute Gasteiger partial charge is 0.306 e. The number of carbonyl (C=O) groups is 1. The predicted molar refractivity (Wildman–Crippen MR) is 72.7 cm³/mol. The van der Waals surface area contributed by atoms with Crippen molar-refractivity contribution in [3.63, 3.8) is 0 Å². The zero-order chi connectivity index (χ0) is 14.1. The number of hydrogen-bond acceptors (Lipinski definition) is 6. The first-order valence-electron chi connectivity index (χ1n) is 6.37. The van der Waals surface area contributed by atoms with E-state index >= 15 is 0 Å². The number of carbonyl (C=O) groups excluding carboxylic acids is 1. The van der Waals surface area contributed by atoms with Crippen molar-refractivity contribution in [3.8, 4) is 0 Å². The number of methoxy groups -OCH3 is 1. The van der Waals surface area contributed by atoms with Crippen LogP contribution < -0.4 is 5.73 Å². The van der Waals surface area contributed by atoms with Gasteiger partial charge >= 0.3 is 5.97 Å². The van der Waals surface area contributed by atoms with Gasteiger partial charge in [-0.2, -0.15) is 0 Å². The maximum Gasteiger partial charge on any atom is 0.306 e. The molecule has 0 radical (unpaired) electrons. The molecule has 7 nitrogen and oxygen atoms in total. The van der Waals surface area contributed by atoms with Crippen LogP contribution in [0.4, 0.5) is 5.82 Å². The van der Waals surface area contributed by atoms with Crippen molar-refractivity contribution >= 4 is 23.0 Å². The zero-order valence-electron chi connectivity index (χ0n) is 11.1. The number of aromatic nitrogens is 4. The standard InChI is InChI=1S/C13H15N5O2/c1-20-10(19)5-8-2-3-9(4-8)18-7-17-11-12(14)15-6-16-13(11)18/h2-3,6-9H,4-5H2,1H3,(H2,14,15,16)/t8-,9+/m1/s1. The van der Waals surface area contributed by atoms with Crippen molar-refractivity contribution in [1.82, 2.24) is 19.5 Å². The molecule has 1 aliphatic rings. The summed E-state index contributed by atoms with van der Waals surface area (Å²) >= 11 is 0. The first-order chi connectivity index (χ1) is 9.69. The fourth-order valence-corrected chi connectivity index (χ4v) is 2.52. The Balaban J connectivity index is 1.82. The van der Waals surface area contributed by atoms with Crippen LogP contribution in [-0.2, 0) is 9.53 Å². The second kappa shape index (κ2) is 4.92. The van der Waals surface area contributed by atoms with Crippen LogP contribution in [0.1, 0.15) is 18.9 Å². The van der Waals surface area contributed by atoms with Crippen molar-refractivity contribution in [2.75, 3.05) is 12.8 Å². The summed E-state index contributed by atoms with van der Waals surface area (Å²) in [6.07, 6.45) is 8.47. The van der Waals surface area contributed by atoms with Crippen LogP contribution in [0.15, 0.2) is 24.8 Å². The number of rotatable bonds is 3. The van der Waals surface area contributed by atoms with E-state index in [1.165, 1.54) is 13.4 Å². The maximum atomic E-state index is 11.3. The van der Waals surface area contributed by atoms with Gasteiger partial charge in [-0.15, -0.1) is 0 Å². The first-order valence-corrected chi connectivity index (χ1v) is 6.37. The number of fused-ring (bicyclic) bond motifs is 1. The zero-order valence-corrected chi connectivity index (χ0v) is 11.1. The van der Waals surface area contributed by atoms with Crippen LogP contribution in [0.2, 0.25) is 0 Å². The molecule has 0 amide bonds. The Kier molecular flexibility index (Phi) is 3.09. The molecule has 104 valence electrons. The van der Waals surface area contributed by atoms with Crippen molar-refractivity contribution in [2.24, 2.45) is 5.92 Å². The lowest BCUT2D eigenvalue weighted by atomic mass is 10.0. The fraction of sp³-hybridized carbons (Fsp3) is 0.385. The van der Waals surface area contributed by atoms with Crippen molar-refractivity contribution in [1.29, 1.82) is 0 Å². The van der Waals surface area contributed by atoms with E-state index in [4.69, 9.17) is 10.5 Å². The van der Waals surface area contributed by atoms with Gasteiger partial charge in [-0.05, 0) is 12.3 Å². The molecule has 0 aromatic carbocycles. The summed E-state index contributed by atoms with van der Waals surface area (Å²) in [5, 5.41) is 0. The number of anilines is 1.